The van der Waals surface area contributed by atoms with E-state index in [1.54, 1.807) is 31.6 Å². The summed E-state index contributed by atoms with van der Waals surface area (Å²) in [6.45, 7) is 0. The third kappa shape index (κ3) is 3.99. The van der Waals surface area contributed by atoms with Gasteiger partial charge >= 0.3 is 5.97 Å². The lowest BCUT2D eigenvalue weighted by atomic mass is 10.0. The summed E-state index contributed by atoms with van der Waals surface area (Å²) in [7, 11) is 1.57. The molecule has 8 nitrogen and oxygen atoms in total. The SMILES string of the molecule is COc1cncc(-c2ccc3c(Nc4cccc(C(=O)O)c4)c(C(N)=O)cnc3c2)c1. The van der Waals surface area contributed by atoms with Gasteiger partial charge < -0.3 is 20.9 Å². The van der Waals surface area contributed by atoms with E-state index in [2.05, 4.69) is 15.3 Å². The van der Waals surface area contributed by atoms with Crippen molar-refractivity contribution in [3.05, 3.63) is 78.2 Å². The van der Waals surface area contributed by atoms with Crippen LogP contribution >= 0.6 is 0 Å². The van der Waals surface area contributed by atoms with Crippen molar-refractivity contribution in [2.45, 2.75) is 0 Å². The second-order valence-corrected chi connectivity index (χ2v) is 6.77. The van der Waals surface area contributed by atoms with E-state index in [1.165, 1.54) is 18.3 Å². The van der Waals surface area contributed by atoms with E-state index in [0.29, 0.717) is 28.0 Å². The summed E-state index contributed by atoms with van der Waals surface area (Å²) < 4.78 is 5.24. The monoisotopic (exact) mass is 414 g/mol. The first kappa shape index (κ1) is 19.8. The van der Waals surface area contributed by atoms with E-state index < -0.39 is 11.9 Å². The van der Waals surface area contributed by atoms with Crippen LogP contribution in [-0.4, -0.2) is 34.1 Å². The number of methoxy groups -OCH3 is 1. The molecule has 0 aliphatic rings. The van der Waals surface area contributed by atoms with E-state index in [-0.39, 0.29) is 11.1 Å². The van der Waals surface area contributed by atoms with E-state index >= 15 is 0 Å². The average Bonchev–Trinajstić information content (AvgIpc) is 2.79. The molecule has 0 fully saturated rings. The van der Waals surface area contributed by atoms with Crippen molar-refractivity contribution in [3.8, 4) is 16.9 Å². The number of carboxylic acids is 1. The molecule has 0 unspecified atom stereocenters. The van der Waals surface area contributed by atoms with Crippen molar-refractivity contribution in [3.63, 3.8) is 0 Å². The summed E-state index contributed by atoms with van der Waals surface area (Å²) in [6.07, 6.45) is 4.74. The molecule has 2 aromatic heterocycles. The van der Waals surface area contributed by atoms with Crippen LogP contribution in [0.2, 0.25) is 0 Å². The topological polar surface area (TPSA) is 127 Å². The third-order valence-electron chi connectivity index (χ3n) is 4.80. The number of hydrogen-bond donors (Lipinski definition) is 3. The summed E-state index contributed by atoms with van der Waals surface area (Å²) in [6, 6.07) is 13.7. The number of amides is 1. The van der Waals surface area contributed by atoms with Crippen LogP contribution in [0.3, 0.4) is 0 Å². The highest BCUT2D eigenvalue weighted by molar-refractivity contribution is 6.08. The maximum Gasteiger partial charge on any atom is 0.335 e. The zero-order valence-corrected chi connectivity index (χ0v) is 16.5. The zero-order valence-electron chi connectivity index (χ0n) is 16.5. The van der Waals surface area contributed by atoms with Crippen LogP contribution in [0.1, 0.15) is 20.7 Å². The number of primary amides is 1. The molecule has 8 heteroatoms. The molecular weight excluding hydrogens is 396 g/mol. The molecule has 4 rings (SSSR count). The van der Waals surface area contributed by atoms with Gasteiger partial charge in [-0.25, -0.2) is 4.79 Å². The quantitative estimate of drug-likeness (QED) is 0.437. The van der Waals surface area contributed by atoms with Crippen molar-refractivity contribution in [2.75, 3.05) is 12.4 Å². The first-order chi connectivity index (χ1) is 15.0. The lowest BCUT2D eigenvalue weighted by molar-refractivity contribution is 0.0696. The van der Waals surface area contributed by atoms with Crippen LogP contribution in [-0.2, 0) is 0 Å². The van der Waals surface area contributed by atoms with Crippen molar-refractivity contribution < 1.29 is 19.4 Å². The van der Waals surface area contributed by atoms with Crippen molar-refractivity contribution >= 4 is 34.2 Å². The van der Waals surface area contributed by atoms with Crippen molar-refractivity contribution in [1.82, 2.24) is 9.97 Å². The first-order valence-corrected chi connectivity index (χ1v) is 9.28. The molecule has 0 atom stereocenters. The molecule has 0 radical (unpaired) electrons. The molecule has 4 N–H and O–H groups in total. The van der Waals surface area contributed by atoms with Crippen LogP contribution in [0.5, 0.6) is 5.75 Å². The molecule has 0 aliphatic carbocycles. The number of fused-ring (bicyclic) bond motifs is 1. The maximum atomic E-state index is 12.0. The minimum Gasteiger partial charge on any atom is -0.495 e. The molecule has 154 valence electrons. The Labute approximate surface area is 177 Å². The van der Waals surface area contributed by atoms with E-state index in [4.69, 9.17) is 10.5 Å². The Bertz CT molecular complexity index is 1320. The number of carbonyl (C=O) groups excluding carboxylic acids is 1. The fourth-order valence-electron chi connectivity index (χ4n) is 3.26. The third-order valence-corrected chi connectivity index (χ3v) is 4.80. The number of hydrogen-bond acceptors (Lipinski definition) is 6. The molecule has 0 bridgehead atoms. The fourth-order valence-corrected chi connectivity index (χ4v) is 3.26. The number of benzene rings is 2. The summed E-state index contributed by atoms with van der Waals surface area (Å²) in [5.41, 5.74) is 9.19. The standard InChI is InChI=1S/C23H18N4O4/c1-31-17-8-15(10-25-11-17)13-5-6-18-20(9-13)26-12-19(22(24)28)21(18)27-16-4-2-3-14(7-16)23(29)30/h2-12H,1H3,(H2,24,28)(H,26,27)(H,29,30). The number of nitrogens with one attached hydrogen (secondary N) is 1. The van der Waals surface area contributed by atoms with Crippen LogP contribution in [0.4, 0.5) is 11.4 Å². The Balaban J connectivity index is 1.83. The van der Waals surface area contributed by atoms with Gasteiger partial charge in [0.15, 0.2) is 0 Å². The minimum atomic E-state index is -1.05. The van der Waals surface area contributed by atoms with Gasteiger partial charge in [-0.2, -0.15) is 0 Å². The Morgan fingerprint density at radius 3 is 2.61 bits per heavy atom. The van der Waals surface area contributed by atoms with Gasteiger partial charge in [0.05, 0.1) is 35.6 Å². The van der Waals surface area contributed by atoms with Crippen molar-refractivity contribution in [1.29, 1.82) is 0 Å². The molecule has 1 amide bonds. The lowest BCUT2D eigenvalue weighted by Crippen LogP contribution is -2.14. The second-order valence-electron chi connectivity index (χ2n) is 6.77. The molecule has 0 aliphatic heterocycles. The Morgan fingerprint density at radius 2 is 1.87 bits per heavy atom. The van der Waals surface area contributed by atoms with Gasteiger partial charge in [-0.1, -0.05) is 18.2 Å². The van der Waals surface area contributed by atoms with Crippen LogP contribution < -0.4 is 15.8 Å². The lowest BCUT2D eigenvalue weighted by Gasteiger charge is -2.14. The number of rotatable bonds is 6. The summed E-state index contributed by atoms with van der Waals surface area (Å²) >= 11 is 0. The molecule has 2 heterocycles. The highest BCUT2D eigenvalue weighted by Gasteiger charge is 2.15. The van der Waals surface area contributed by atoms with Gasteiger partial charge in [0.2, 0.25) is 0 Å². The number of carboxylic acid groups (broad SMARTS) is 1. The fraction of sp³-hybridized carbons (Fsp3) is 0.0435. The van der Waals surface area contributed by atoms with Gasteiger partial charge in [0.1, 0.15) is 5.75 Å². The normalized spacial score (nSPS) is 10.6. The number of aromatic carboxylic acids is 1. The number of pyridine rings is 2. The summed E-state index contributed by atoms with van der Waals surface area (Å²) in [4.78, 5) is 31.9. The van der Waals surface area contributed by atoms with Crippen molar-refractivity contribution in [2.24, 2.45) is 5.73 Å². The Hall–Kier alpha value is -4.46. The summed E-state index contributed by atoms with van der Waals surface area (Å²) in [5, 5.41) is 13.0. The highest BCUT2D eigenvalue weighted by Crippen LogP contribution is 2.32. The molecule has 31 heavy (non-hydrogen) atoms. The Kier molecular flexibility index (Phi) is 5.19. The van der Waals surface area contributed by atoms with Crippen LogP contribution in [0, 0.1) is 0 Å². The molecular formula is C23H18N4O4. The zero-order chi connectivity index (χ0) is 22.0. The molecule has 0 saturated heterocycles. The number of aromatic nitrogens is 2. The number of nitrogens with zero attached hydrogens (tertiary/aromatic N) is 2. The molecule has 4 aromatic rings. The number of ether oxygens (including phenoxy) is 1. The average molecular weight is 414 g/mol. The second kappa shape index (κ2) is 8.11. The van der Waals surface area contributed by atoms with Gasteiger partial charge in [0, 0.05) is 29.0 Å². The van der Waals surface area contributed by atoms with Gasteiger partial charge in [-0.3, -0.25) is 14.8 Å². The van der Waals surface area contributed by atoms with E-state index in [1.807, 2.05) is 24.3 Å². The molecule has 2 aromatic carbocycles. The van der Waals surface area contributed by atoms with Gasteiger partial charge in [-0.05, 0) is 35.9 Å². The van der Waals surface area contributed by atoms with E-state index in [9.17, 15) is 14.7 Å². The van der Waals surface area contributed by atoms with Gasteiger partial charge in [-0.15, -0.1) is 0 Å². The summed E-state index contributed by atoms with van der Waals surface area (Å²) in [5.74, 6) is -1.06. The smallest absolute Gasteiger partial charge is 0.335 e. The maximum absolute atomic E-state index is 12.0. The first-order valence-electron chi connectivity index (χ1n) is 9.28. The predicted octanol–water partition coefficient (Wildman–Crippen LogP) is 3.85. The predicted molar refractivity (Wildman–Crippen MR) is 117 cm³/mol. The molecule has 0 saturated carbocycles. The largest absolute Gasteiger partial charge is 0.495 e. The minimum absolute atomic E-state index is 0.122. The number of carbonyl (C=O) groups is 2. The highest BCUT2D eigenvalue weighted by atomic mass is 16.5. The number of nitrogens with two attached hydrogens (primary N) is 1. The van der Waals surface area contributed by atoms with Crippen LogP contribution in [0.15, 0.2) is 67.1 Å². The number of anilines is 2. The van der Waals surface area contributed by atoms with Gasteiger partial charge in [0.25, 0.3) is 5.91 Å². The Morgan fingerprint density at radius 1 is 1.03 bits per heavy atom. The van der Waals surface area contributed by atoms with Crippen LogP contribution in [0.25, 0.3) is 22.0 Å². The van der Waals surface area contributed by atoms with E-state index in [0.717, 1.165) is 11.1 Å². The molecule has 0 spiro atoms.